The van der Waals surface area contributed by atoms with Crippen LogP contribution in [0.15, 0.2) is 67.2 Å². The number of benzene rings is 2. The van der Waals surface area contributed by atoms with Gasteiger partial charge in [0.25, 0.3) is 0 Å². The van der Waals surface area contributed by atoms with Crippen LogP contribution in [0.2, 0.25) is 0 Å². The highest BCUT2D eigenvalue weighted by molar-refractivity contribution is 7.84. The van der Waals surface area contributed by atoms with Crippen molar-refractivity contribution >= 4 is 16.6 Å². The van der Waals surface area contributed by atoms with Crippen molar-refractivity contribution in [2.45, 2.75) is 44.4 Å². The molecule has 2 unspecified atom stereocenters. The zero-order valence-corrected chi connectivity index (χ0v) is 15.8. The van der Waals surface area contributed by atoms with Crippen LogP contribution in [0.4, 0.5) is 0 Å². The molecule has 0 amide bonds. The van der Waals surface area contributed by atoms with E-state index in [4.69, 9.17) is 0 Å². The summed E-state index contributed by atoms with van der Waals surface area (Å²) >= 11 is 0. The molecule has 0 saturated heterocycles. The van der Waals surface area contributed by atoms with Gasteiger partial charge in [-0.25, -0.2) is 8.93 Å². The van der Waals surface area contributed by atoms with Crippen molar-refractivity contribution in [3.63, 3.8) is 0 Å². The maximum Gasteiger partial charge on any atom is 0.0978 e. The highest BCUT2D eigenvalue weighted by atomic mass is 32.2. The molecule has 0 aliphatic heterocycles. The zero-order valence-electron chi connectivity index (χ0n) is 15.0. The standard InChI is InChI=1S/C21H27NOS/c1-17(18-12-8-6-9-13-18)16-21(5,19-14-10-7-11-15-19)22-24(23)20(2,3)4/h6-15,22H,1,16H2,2-5H3. The Labute approximate surface area is 148 Å². The van der Waals surface area contributed by atoms with Crippen molar-refractivity contribution in [2.24, 2.45) is 0 Å². The highest BCUT2D eigenvalue weighted by Crippen LogP contribution is 2.33. The van der Waals surface area contributed by atoms with Gasteiger partial charge in [-0.05, 0) is 50.8 Å². The molecule has 0 heterocycles. The van der Waals surface area contributed by atoms with E-state index in [-0.39, 0.29) is 4.75 Å². The summed E-state index contributed by atoms with van der Waals surface area (Å²) in [6.07, 6.45) is 0.683. The molecular weight excluding hydrogens is 314 g/mol. The van der Waals surface area contributed by atoms with E-state index in [0.29, 0.717) is 6.42 Å². The van der Waals surface area contributed by atoms with Gasteiger partial charge in [-0.15, -0.1) is 0 Å². The molecule has 0 spiro atoms. The lowest BCUT2D eigenvalue weighted by molar-refractivity contribution is 0.452. The molecular formula is C21H27NOS. The van der Waals surface area contributed by atoms with E-state index in [1.54, 1.807) is 0 Å². The lowest BCUT2D eigenvalue weighted by Gasteiger charge is -2.34. The molecule has 1 N–H and O–H groups in total. The van der Waals surface area contributed by atoms with Gasteiger partial charge in [-0.1, -0.05) is 67.2 Å². The Hall–Kier alpha value is -1.71. The average molecular weight is 342 g/mol. The van der Waals surface area contributed by atoms with E-state index >= 15 is 0 Å². The molecule has 24 heavy (non-hydrogen) atoms. The van der Waals surface area contributed by atoms with Crippen molar-refractivity contribution in [3.8, 4) is 0 Å². The van der Waals surface area contributed by atoms with Gasteiger partial charge in [-0.2, -0.15) is 0 Å². The number of nitrogens with one attached hydrogen (secondary N) is 1. The molecule has 2 aromatic rings. The summed E-state index contributed by atoms with van der Waals surface area (Å²) in [6.45, 7) is 12.3. The van der Waals surface area contributed by atoms with Crippen LogP contribution in [0.1, 0.15) is 45.2 Å². The van der Waals surface area contributed by atoms with Crippen LogP contribution in [0, 0.1) is 0 Å². The lowest BCUT2D eigenvalue weighted by atomic mass is 9.85. The van der Waals surface area contributed by atoms with E-state index in [0.717, 1.165) is 16.7 Å². The molecule has 2 aromatic carbocycles. The minimum atomic E-state index is -1.17. The van der Waals surface area contributed by atoms with Gasteiger partial charge in [0, 0.05) is 0 Å². The molecule has 0 saturated carbocycles. The van der Waals surface area contributed by atoms with Crippen LogP contribution in [0.25, 0.3) is 5.57 Å². The van der Waals surface area contributed by atoms with Crippen LogP contribution in [-0.2, 0) is 16.5 Å². The molecule has 0 bridgehead atoms. The monoisotopic (exact) mass is 341 g/mol. The molecule has 3 heteroatoms. The van der Waals surface area contributed by atoms with E-state index in [2.05, 4.69) is 42.5 Å². The summed E-state index contributed by atoms with van der Waals surface area (Å²) < 4.78 is 15.8. The summed E-state index contributed by atoms with van der Waals surface area (Å²) in [7, 11) is -1.17. The Morgan fingerprint density at radius 1 is 0.958 bits per heavy atom. The van der Waals surface area contributed by atoms with Crippen LogP contribution in [0.3, 0.4) is 0 Å². The van der Waals surface area contributed by atoms with E-state index in [1.165, 1.54) is 0 Å². The first kappa shape index (κ1) is 18.6. The van der Waals surface area contributed by atoms with Gasteiger partial charge in [0.1, 0.15) is 0 Å². The van der Waals surface area contributed by atoms with Gasteiger partial charge in [0.05, 0.1) is 21.3 Å². The zero-order chi connectivity index (χ0) is 17.8. The second-order valence-electron chi connectivity index (χ2n) is 7.33. The van der Waals surface area contributed by atoms with E-state index in [9.17, 15) is 4.21 Å². The highest BCUT2D eigenvalue weighted by Gasteiger charge is 2.33. The first-order valence-corrected chi connectivity index (χ1v) is 9.36. The van der Waals surface area contributed by atoms with Gasteiger partial charge < -0.3 is 0 Å². The Balaban J connectivity index is 2.33. The van der Waals surface area contributed by atoms with Gasteiger partial charge in [0.2, 0.25) is 0 Å². The Kier molecular flexibility index (Phi) is 5.79. The fourth-order valence-electron chi connectivity index (χ4n) is 2.56. The molecule has 0 radical (unpaired) electrons. The minimum absolute atomic E-state index is 0.329. The summed E-state index contributed by atoms with van der Waals surface area (Å²) in [6, 6.07) is 20.3. The maximum atomic E-state index is 12.7. The first-order valence-electron chi connectivity index (χ1n) is 8.21. The number of hydrogen-bond donors (Lipinski definition) is 1. The molecule has 0 aliphatic carbocycles. The molecule has 0 aromatic heterocycles. The SMILES string of the molecule is C=C(CC(C)(NS(=O)C(C)(C)C)c1ccccc1)c1ccccc1. The minimum Gasteiger partial charge on any atom is -0.242 e. The quantitative estimate of drug-likeness (QED) is 0.782. The van der Waals surface area contributed by atoms with Crippen molar-refractivity contribution in [2.75, 3.05) is 0 Å². The molecule has 2 nitrogen and oxygen atoms in total. The van der Waals surface area contributed by atoms with Crippen LogP contribution >= 0.6 is 0 Å². The maximum absolute atomic E-state index is 12.7. The third kappa shape index (κ3) is 4.65. The van der Waals surface area contributed by atoms with Crippen molar-refractivity contribution < 1.29 is 4.21 Å². The van der Waals surface area contributed by atoms with Gasteiger partial charge >= 0.3 is 0 Å². The summed E-state index contributed by atoms with van der Waals surface area (Å²) in [5, 5.41) is 0. The summed E-state index contributed by atoms with van der Waals surface area (Å²) in [5.41, 5.74) is 2.80. The Morgan fingerprint density at radius 3 is 1.96 bits per heavy atom. The Bertz CT molecular complexity index is 704. The molecule has 0 fully saturated rings. The largest absolute Gasteiger partial charge is 0.242 e. The van der Waals surface area contributed by atoms with Gasteiger partial charge in [-0.3, -0.25) is 0 Å². The molecule has 0 aliphatic rings. The van der Waals surface area contributed by atoms with Crippen molar-refractivity contribution in [3.05, 3.63) is 78.4 Å². The molecule has 2 atom stereocenters. The molecule has 2 rings (SSSR count). The summed E-state index contributed by atoms with van der Waals surface area (Å²) in [4.78, 5) is 0. The van der Waals surface area contributed by atoms with Crippen molar-refractivity contribution in [1.82, 2.24) is 4.72 Å². The van der Waals surface area contributed by atoms with Crippen LogP contribution < -0.4 is 4.72 Å². The van der Waals surface area contributed by atoms with Gasteiger partial charge in [0.15, 0.2) is 0 Å². The van der Waals surface area contributed by atoms with E-state index < -0.39 is 16.5 Å². The topological polar surface area (TPSA) is 29.1 Å². The molecule has 128 valence electrons. The predicted octanol–water partition coefficient (Wildman–Crippen LogP) is 5.06. The fraction of sp³-hybridized carbons (Fsp3) is 0.333. The first-order chi connectivity index (χ1) is 11.2. The fourth-order valence-corrected chi connectivity index (χ4v) is 3.47. The third-order valence-electron chi connectivity index (χ3n) is 4.03. The number of rotatable bonds is 6. The average Bonchev–Trinajstić information content (AvgIpc) is 2.55. The second kappa shape index (κ2) is 7.45. The predicted molar refractivity (Wildman–Crippen MR) is 105 cm³/mol. The van der Waals surface area contributed by atoms with Crippen LogP contribution in [-0.4, -0.2) is 8.96 Å². The van der Waals surface area contributed by atoms with Crippen molar-refractivity contribution in [1.29, 1.82) is 0 Å². The second-order valence-corrected chi connectivity index (χ2v) is 9.29. The number of hydrogen-bond acceptors (Lipinski definition) is 1. The lowest BCUT2D eigenvalue weighted by Crippen LogP contribution is -2.46. The van der Waals surface area contributed by atoms with Crippen LogP contribution in [0.5, 0.6) is 0 Å². The normalized spacial score (nSPS) is 15.5. The third-order valence-corrected chi connectivity index (χ3v) is 5.78. The smallest absolute Gasteiger partial charge is 0.0978 e. The summed E-state index contributed by atoms with van der Waals surface area (Å²) in [5.74, 6) is 0. The Morgan fingerprint density at radius 2 is 1.46 bits per heavy atom. The van der Waals surface area contributed by atoms with E-state index in [1.807, 2.05) is 57.2 Å².